The van der Waals surface area contributed by atoms with Crippen LogP contribution in [0.2, 0.25) is 5.02 Å². The fraction of sp³-hybridized carbons (Fsp3) is 0.167. The summed E-state index contributed by atoms with van der Waals surface area (Å²) in [5, 5.41) is 6.78. The third-order valence-corrected chi connectivity index (χ3v) is 6.21. The summed E-state index contributed by atoms with van der Waals surface area (Å²) in [6.07, 6.45) is 2.00. The van der Waals surface area contributed by atoms with E-state index in [1.54, 1.807) is 36.6 Å². The van der Waals surface area contributed by atoms with Gasteiger partial charge in [-0.1, -0.05) is 47.6 Å². The molecule has 0 bridgehead atoms. The van der Waals surface area contributed by atoms with Gasteiger partial charge in [0.1, 0.15) is 23.1 Å². The Morgan fingerprint density at radius 3 is 2.71 bits per heavy atom. The number of carbonyl (C=O) groups excluding carboxylic acids is 2. The van der Waals surface area contributed by atoms with Crippen molar-refractivity contribution in [2.75, 3.05) is 12.4 Å². The number of oxazole rings is 1. The standard InChI is InChI=1S/C24H18ClN3O5S/c25-16-9-7-15(8-10-16)18-12-19(21-6-3-11-31-21)28(27-18)22(29)13-32-23(30)14-34-24-26-17-4-1-2-5-20(17)33-24/h1-11,19H,12-14H2/t19-/m0/s1. The van der Waals surface area contributed by atoms with Crippen molar-refractivity contribution in [3.63, 3.8) is 0 Å². The van der Waals surface area contributed by atoms with E-state index < -0.39 is 24.5 Å². The predicted molar refractivity (Wildman–Crippen MR) is 127 cm³/mol. The van der Waals surface area contributed by atoms with Gasteiger partial charge in [-0.2, -0.15) is 5.10 Å². The van der Waals surface area contributed by atoms with Crippen molar-refractivity contribution in [3.05, 3.63) is 83.3 Å². The number of hydrogen-bond donors (Lipinski definition) is 0. The average molecular weight is 496 g/mol. The van der Waals surface area contributed by atoms with E-state index in [1.165, 1.54) is 5.01 Å². The normalized spacial score (nSPS) is 15.5. The van der Waals surface area contributed by atoms with Crippen molar-refractivity contribution in [1.29, 1.82) is 0 Å². The molecule has 5 rings (SSSR count). The number of amides is 1. The maximum absolute atomic E-state index is 12.9. The number of ether oxygens (including phenoxy) is 1. The Morgan fingerprint density at radius 2 is 1.94 bits per heavy atom. The number of para-hydroxylation sites is 2. The molecule has 1 atom stereocenters. The summed E-state index contributed by atoms with van der Waals surface area (Å²) in [4.78, 5) is 29.4. The van der Waals surface area contributed by atoms with E-state index in [4.69, 9.17) is 25.2 Å². The smallest absolute Gasteiger partial charge is 0.316 e. The van der Waals surface area contributed by atoms with Crippen molar-refractivity contribution in [2.24, 2.45) is 5.10 Å². The SMILES string of the molecule is O=C(CSc1nc2ccccc2o1)OCC(=O)N1N=C(c2ccc(Cl)cc2)C[C@H]1c1ccco1. The zero-order valence-corrected chi connectivity index (χ0v) is 19.3. The Hall–Kier alpha value is -3.56. The van der Waals surface area contributed by atoms with Crippen LogP contribution in [-0.4, -0.2) is 39.9 Å². The molecule has 4 aromatic rings. The van der Waals surface area contributed by atoms with E-state index >= 15 is 0 Å². The Morgan fingerprint density at radius 1 is 1.12 bits per heavy atom. The number of hydrogen-bond acceptors (Lipinski definition) is 8. The molecular weight excluding hydrogens is 478 g/mol. The van der Waals surface area contributed by atoms with Crippen LogP contribution in [0.4, 0.5) is 0 Å². The van der Waals surface area contributed by atoms with Gasteiger partial charge in [-0.15, -0.1) is 0 Å². The third-order valence-electron chi connectivity index (χ3n) is 5.16. The van der Waals surface area contributed by atoms with Gasteiger partial charge in [0.25, 0.3) is 11.1 Å². The molecule has 0 spiro atoms. The number of carbonyl (C=O) groups is 2. The molecule has 0 aliphatic carbocycles. The molecule has 2 aromatic carbocycles. The van der Waals surface area contributed by atoms with Crippen LogP contribution in [0.3, 0.4) is 0 Å². The number of aromatic nitrogens is 1. The highest BCUT2D eigenvalue weighted by molar-refractivity contribution is 7.99. The summed E-state index contributed by atoms with van der Waals surface area (Å²) in [7, 11) is 0. The van der Waals surface area contributed by atoms with E-state index in [1.807, 2.05) is 30.3 Å². The molecule has 10 heteroatoms. The van der Waals surface area contributed by atoms with Crippen LogP contribution < -0.4 is 0 Å². The van der Waals surface area contributed by atoms with Gasteiger partial charge < -0.3 is 13.6 Å². The molecule has 0 N–H and O–H groups in total. The number of nitrogens with zero attached hydrogens (tertiary/aromatic N) is 3. The maximum Gasteiger partial charge on any atom is 0.316 e. The van der Waals surface area contributed by atoms with Crippen LogP contribution in [0.15, 0.2) is 86.1 Å². The molecule has 1 aliphatic heterocycles. The lowest BCUT2D eigenvalue weighted by atomic mass is 10.0. The number of benzene rings is 2. The largest absolute Gasteiger partial charge is 0.467 e. The molecule has 1 amide bonds. The number of hydrazone groups is 1. The molecule has 1 aliphatic rings. The fourth-order valence-corrected chi connectivity index (χ4v) is 4.31. The number of halogens is 1. The van der Waals surface area contributed by atoms with Gasteiger partial charge >= 0.3 is 5.97 Å². The van der Waals surface area contributed by atoms with E-state index in [9.17, 15) is 9.59 Å². The monoisotopic (exact) mass is 495 g/mol. The second-order valence-corrected chi connectivity index (χ2v) is 8.79. The summed E-state index contributed by atoms with van der Waals surface area (Å²) in [6, 6.07) is 17.7. The molecule has 2 aromatic heterocycles. The molecule has 0 saturated heterocycles. The number of thioether (sulfide) groups is 1. The van der Waals surface area contributed by atoms with E-state index in [0.29, 0.717) is 39.2 Å². The van der Waals surface area contributed by atoms with Gasteiger partial charge in [0, 0.05) is 11.4 Å². The van der Waals surface area contributed by atoms with Gasteiger partial charge in [-0.05, 0) is 42.0 Å². The van der Waals surface area contributed by atoms with Crippen molar-refractivity contribution < 1.29 is 23.2 Å². The highest BCUT2D eigenvalue weighted by Crippen LogP contribution is 2.33. The first-order valence-electron chi connectivity index (χ1n) is 10.4. The highest BCUT2D eigenvalue weighted by atomic mass is 35.5. The van der Waals surface area contributed by atoms with Crippen LogP contribution in [0, 0.1) is 0 Å². The van der Waals surface area contributed by atoms with Crippen molar-refractivity contribution in [2.45, 2.75) is 17.7 Å². The van der Waals surface area contributed by atoms with Crippen molar-refractivity contribution in [1.82, 2.24) is 9.99 Å². The first-order chi connectivity index (χ1) is 16.6. The Balaban J connectivity index is 1.22. The molecule has 172 valence electrons. The summed E-state index contributed by atoms with van der Waals surface area (Å²) < 4.78 is 16.3. The maximum atomic E-state index is 12.9. The molecule has 8 nitrogen and oxygen atoms in total. The zero-order valence-electron chi connectivity index (χ0n) is 17.7. The van der Waals surface area contributed by atoms with Crippen LogP contribution in [0.25, 0.3) is 11.1 Å². The molecule has 0 fully saturated rings. The second-order valence-electron chi connectivity index (χ2n) is 7.42. The minimum Gasteiger partial charge on any atom is -0.467 e. The first-order valence-corrected chi connectivity index (χ1v) is 11.8. The Labute approximate surface area is 203 Å². The number of rotatable bonds is 7. The second kappa shape index (κ2) is 9.74. The van der Waals surface area contributed by atoms with E-state index in [0.717, 1.165) is 17.3 Å². The quantitative estimate of drug-likeness (QED) is 0.260. The van der Waals surface area contributed by atoms with Crippen LogP contribution in [0.5, 0.6) is 0 Å². The third kappa shape index (κ3) is 4.85. The molecule has 0 unspecified atom stereocenters. The minimum atomic E-state index is -0.559. The van der Waals surface area contributed by atoms with Crippen LogP contribution in [0.1, 0.15) is 23.8 Å². The van der Waals surface area contributed by atoms with Gasteiger partial charge in [-0.25, -0.2) is 9.99 Å². The van der Waals surface area contributed by atoms with Crippen molar-refractivity contribution in [3.8, 4) is 0 Å². The summed E-state index contributed by atoms with van der Waals surface area (Å²) in [5.74, 6) is -0.457. The van der Waals surface area contributed by atoms with Crippen LogP contribution in [-0.2, 0) is 14.3 Å². The number of furan rings is 1. The van der Waals surface area contributed by atoms with Gasteiger partial charge in [-0.3, -0.25) is 9.59 Å². The number of fused-ring (bicyclic) bond motifs is 1. The predicted octanol–water partition coefficient (Wildman–Crippen LogP) is 5.09. The van der Waals surface area contributed by atoms with Gasteiger partial charge in [0.05, 0.1) is 12.0 Å². The molecule has 3 heterocycles. The summed E-state index contributed by atoms with van der Waals surface area (Å²) in [5.41, 5.74) is 2.91. The molecular formula is C24H18ClN3O5S. The molecule has 34 heavy (non-hydrogen) atoms. The molecule has 0 radical (unpaired) electrons. The van der Waals surface area contributed by atoms with E-state index in [2.05, 4.69) is 10.1 Å². The number of esters is 1. The lowest BCUT2D eigenvalue weighted by Gasteiger charge is -2.19. The highest BCUT2D eigenvalue weighted by Gasteiger charge is 2.35. The topological polar surface area (TPSA) is 98.1 Å². The van der Waals surface area contributed by atoms with E-state index in [-0.39, 0.29) is 5.75 Å². The van der Waals surface area contributed by atoms with Crippen molar-refractivity contribution >= 4 is 52.1 Å². The van der Waals surface area contributed by atoms with Gasteiger partial charge in [0.2, 0.25) is 0 Å². The Kier molecular flexibility index (Phi) is 6.37. The minimum absolute atomic E-state index is 0.0407. The summed E-state index contributed by atoms with van der Waals surface area (Å²) in [6.45, 7) is -0.443. The van der Waals surface area contributed by atoms with Gasteiger partial charge in [0.15, 0.2) is 12.2 Å². The van der Waals surface area contributed by atoms with Crippen LogP contribution >= 0.6 is 23.4 Å². The molecule has 0 saturated carbocycles. The Bertz CT molecular complexity index is 1320. The first kappa shape index (κ1) is 22.2. The zero-order chi connectivity index (χ0) is 23.5. The summed E-state index contributed by atoms with van der Waals surface area (Å²) >= 11 is 7.09. The lowest BCUT2D eigenvalue weighted by Crippen LogP contribution is -2.31. The average Bonchev–Trinajstić information content (AvgIpc) is 3.60. The lowest BCUT2D eigenvalue weighted by molar-refractivity contribution is -0.150. The fourth-order valence-electron chi connectivity index (χ4n) is 3.54.